The van der Waals surface area contributed by atoms with Crippen LogP contribution in [-0.4, -0.2) is 19.8 Å². The first-order valence-corrected chi connectivity index (χ1v) is 9.03. The first-order chi connectivity index (χ1) is 7.72. The Kier molecular flexibility index (Phi) is 5.29. The fourth-order valence-corrected chi connectivity index (χ4v) is 5.69. The van der Waals surface area contributed by atoms with Gasteiger partial charge in [-0.3, -0.25) is 0 Å². The van der Waals surface area contributed by atoms with E-state index in [1.54, 1.807) is 0 Å². The Labute approximate surface area is 99.7 Å². The maximum absolute atomic E-state index is 8.81. The van der Waals surface area contributed by atoms with Crippen molar-refractivity contribution in [3.8, 4) is 0 Å². The zero-order chi connectivity index (χ0) is 12.0. The highest BCUT2D eigenvalue weighted by atomic mass is 28.3. The molecule has 0 saturated carbocycles. The summed E-state index contributed by atoms with van der Waals surface area (Å²) in [7, 11) is -1.34. The van der Waals surface area contributed by atoms with Gasteiger partial charge in [-0.2, -0.15) is 0 Å². The molecule has 1 aromatic heterocycles. The van der Waals surface area contributed by atoms with Crippen molar-refractivity contribution >= 4 is 13.5 Å². The molecule has 0 amide bonds. The zero-order valence-electron chi connectivity index (χ0n) is 10.8. The molecule has 0 fully saturated rings. The van der Waals surface area contributed by atoms with Crippen molar-refractivity contribution in [2.45, 2.75) is 51.7 Å². The maximum atomic E-state index is 8.81. The van der Waals surface area contributed by atoms with Crippen molar-refractivity contribution in [1.29, 1.82) is 0 Å². The van der Waals surface area contributed by atoms with Crippen molar-refractivity contribution in [2.24, 2.45) is 0 Å². The lowest BCUT2D eigenvalue weighted by Crippen LogP contribution is -2.44. The number of aryl methyl sites for hydroxylation is 1. The molecule has 0 bridgehead atoms. The minimum atomic E-state index is -1.34. The molecular formula is C13H24O2Si. The Balaban J connectivity index is 2.81. The van der Waals surface area contributed by atoms with Crippen LogP contribution in [0.2, 0.25) is 18.1 Å². The number of hydrogen-bond acceptors (Lipinski definition) is 2. The summed E-state index contributed by atoms with van der Waals surface area (Å²) in [6.07, 6.45) is 3.65. The molecule has 16 heavy (non-hydrogen) atoms. The van der Waals surface area contributed by atoms with Crippen molar-refractivity contribution in [3.63, 3.8) is 0 Å². The van der Waals surface area contributed by atoms with Crippen molar-refractivity contribution in [3.05, 3.63) is 17.9 Å². The standard InChI is InChI=1S/C13H24O2Si/c1-4-16(5-2,6-3)13-10-12(11-15-13)8-7-9-14/h10-11,14H,4-9H2,1-3H3. The van der Waals surface area contributed by atoms with Gasteiger partial charge in [-0.1, -0.05) is 38.9 Å². The highest BCUT2D eigenvalue weighted by Gasteiger charge is 2.32. The number of furan rings is 1. The third kappa shape index (κ3) is 2.77. The summed E-state index contributed by atoms with van der Waals surface area (Å²) in [5.74, 6) is 0. The van der Waals surface area contributed by atoms with E-state index in [1.165, 1.54) is 29.1 Å². The van der Waals surface area contributed by atoms with Crippen LogP contribution >= 0.6 is 0 Å². The fourth-order valence-electron chi connectivity index (χ4n) is 2.34. The molecular weight excluding hydrogens is 216 g/mol. The molecule has 2 nitrogen and oxygen atoms in total. The Morgan fingerprint density at radius 1 is 1.19 bits per heavy atom. The minimum absolute atomic E-state index is 0.262. The van der Waals surface area contributed by atoms with Crippen molar-refractivity contribution in [2.75, 3.05) is 6.61 Å². The largest absolute Gasteiger partial charge is 0.474 e. The first-order valence-electron chi connectivity index (χ1n) is 6.41. The number of rotatable bonds is 7. The van der Waals surface area contributed by atoms with Gasteiger partial charge in [-0.05, 0) is 24.5 Å². The Morgan fingerprint density at radius 2 is 1.81 bits per heavy atom. The maximum Gasteiger partial charge on any atom is 0.131 e. The monoisotopic (exact) mass is 240 g/mol. The minimum Gasteiger partial charge on any atom is -0.474 e. The topological polar surface area (TPSA) is 33.4 Å². The number of aliphatic hydroxyl groups is 1. The van der Waals surface area contributed by atoms with Crippen LogP contribution in [0.5, 0.6) is 0 Å². The van der Waals surface area contributed by atoms with Crippen LogP contribution in [0.1, 0.15) is 32.8 Å². The van der Waals surface area contributed by atoms with Gasteiger partial charge in [0.25, 0.3) is 0 Å². The molecule has 1 rings (SSSR count). The highest BCUT2D eigenvalue weighted by Crippen LogP contribution is 2.21. The summed E-state index contributed by atoms with van der Waals surface area (Å²) in [4.78, 5) is 0. The van der Waals surface area contributed by atoms with Crippen molar-refractivity contribution < 1.29 is 9.52 Å². The van der Waals surface area contributed by atoms with E-state index in [4.69, 9.17) is 9.52 Å². The van der Waals surface area contributed by atoms with Crippen LogP contribution in [-0.2, 0) is 6.42 Å². The molecule has 1 aromatic rings. The summed E-state index contributed by atoms with van der Waals surface area (Å²) in [5.41, 5.74) is 1.25. The molecule has 0 radical (unpaired) electrons. The third-order valence-corrected chi connectivity index (χ3v) is 9.20. The van der Waals surface area contributed by atoms with Gasteiger partial charge >= 0.3 is 0 Å². The Morgan fingerprint density at radius 3 is 2.31 bits per heavy atom. The molecule has 3 heteroatoms. The second-order valence-electron chi connectivity index (χ2n) is 4.49. The fraction of sp³-hybridized carbons (Fsp3) is 0.692. The molecule has 0 spiro atoms. The van der Waals surface area contributed by atoms with E-state index < -0.39 is 8.07 Å². The quantitative estimate of drug-likeness (QED) is 0.743. The molecule has 0 aromatic carbocycles. The molecule has 0 saturated heterocycles. The molecule has 0 aliphatic rings. The van der Waals surface area contributed by atoms with E-state index >= 15 is 0 Å². The van der Waals surface area contributed by atoms with E-state index in [1.807, 2.05) is 6.26 Å². The van der Waals surface area contributed by atoms with Crippen LogP contribution in [0.25, 0.3) is 0 Å². The zero-order valence-corrected chi connectivity index (χ0v) is 11.8. The van der Waals surface area contributed by atoms with E-state index in [-0.39, 0.29) is 6.61 Å². The van der Waals surface area contributed by atoms with Crippen LogP contribution in [0, 0.1) is 0 Å². The third-order valence-electron chi connectivity index (χ3n) is 3.83. The van der Waals surface area contributed by atoms with Gasteiger partial charge in [0.1, 0.15) is 8.07 Å². The molecule has 1 N–H and O–H groups in total. The van der Waals surface area contributed by atoms with Crippen LogP contribution in [0.3, 0.4) is 0 Å². The average molecular weight is 240 g/mol. The van der Waals surface area contributed by atoms with Gasteiger partial charge in [0.05, 0.1) is 11.6 Å². The Hall–Kier alpha value is -0.543. The lowest BCUT2D eigenvalue weighted by Gasteiger charge is -2.24. The second kappa shape index (κ2) is 6.26. The molecule has 0 unspecified atom stereocenters. The highest BCUT2D eigenvalue weighted by molar-refractivity contribution is 6.90. The van der Waals surface area contributed by atoms with Gasteiger partial charge in [0.2, 0.25) is 0 Å². The summed E-state index contributed by atoms with van der Waals surface area (Å²) >= 11 is 0. The predicted molar refractivity (Wildman–Crippen MR) is 70.9 cm³/mol. The molecule has 92 valence electrons. The smallest absolute Gasteiger partial charge is 0.131 e. The second-order valence-corrected chi connectivity index (χ2v) is 9.66. The van der Waals surface area contributed by atoms with E-state index in [9.17, 15) is 0 Å². The normalized spacial score (nSPS) is 12.0. The van der Waals surface area contributed by atoms with E-state index in [2.05, 4.69) is 26.8 Å². The number of hydrogen-bond donors (Lipinski definition) is 1. The Bertz CT molecular complexity index is 294. The summed E-state index contributed by atoms with van der Waals surface area (Å²) in [6.45, 7) is 7.12. The number of aliphatic hydroxyl groups excluding tert-OH is 1. The van der Waals surface area contributed by atoms with E-state index in [0.717, 1.165) is 12.8 Å². The van der Waals surface area contributed by atoms with Gasteiger partial charge in [0.15, 0.2) is 0 Å². The van der Waals surface area contributed by atoms with Gasteiger partial charge in [-0.25, -0.2) is 0 Å². The predicted octanol–water partition coefficient (Wildman–Crippen LogP) is 2.92. The van der Waals surface area contributed by atoms with Gasteiger partial charge in [-0.15, -0.1) is 0 Å². The van der Waals surface area contributed by atoms with Gasteiger partial charge in [0, 0.05) is 6.61 Å². The van der Waals surface area contributed by atoms with Gasteiger partial charge < -0.3 is 9.52 Å². The van der Waals surface area contributed by atoms with E-state index in [0.29, 0.717) is 0 Å². The molecule has 1 heterocycles. The molecule has 0 aliphatic heterocycles. The average Bonchev–Trinajstić information content (AvgIpc) is 2.79. The first kappa shape index (κ1) is 13.5. The van der Waals surface area contributed by atoms with Crippen LogP contribution < -0.4 is 5.38 Å². The summed E-state index contributed by atoms with van der Waals surface area (Å²) in [6, 6.07) is 6.01. The van der Waals surface area contributed by atoms with Crippen LogP contribution in [0.4, 0.5) is 0 Å². The van der Waals surface area contributed by atoms with Crippen molar-refractivity contribution in [1.82, 2.24) is 0 Å². The lowest BCUT2D eigenvalue weighted by atomic mass is 10.2. The molecule has 0 atom stereocenters. The SMILES string of the molecule is CC[Si](CC)(CC)c1cc(CCCO)co1. The molecule has 0 aliphatic carbocycles. The summed E-state index contributed by atoms with van der Waals surface area (Å²) < 4.78 is 5.78. The lowest BCUT2D eigenvalue weighted by molar-refractivity contribution is 0.288. The van der Waals surface area contributed by atoms with Crippen LogP contribution in [0.15, 0.2) is 16.7 Å². The summed E-state index contributed by atoms with van der Waals surface area (Å²) in [5, 5.41) is 10.1.